The largest absolute Gasteiger partial charge is 0.511 e. The third-order valence-electron chi connectivity index (χ3n) is 4.07. The predicted octanol–water partition coefficient (Wildman–Crippen LogP) is 2.70. The molecule has 0 radical (unpaired) electrons. The fourth-order valence-corrected chi connectivity index (χ4v) is 3.18. The van der Waals surface area contributed by atoms with Crippen LogP contribution in [0.4, 0.5) is 12.9 Å². The van der Waals surface area contributed by atoms with Crippen LogP contribution in [0.3, 0.4) is 0 Å². The van der Waals surface area contributed by atoms with Crippen molar-refractivity contribution in [2.45, 2.75) is 31.8 Å². The van der Waals surface area contributed by atoms with E-state index in [9.17, 15) is 12.9 Å². The third kappa shape index (κ3) is 2.20. The van der Waals surface area contributed by atoms with Crippen LogP contribution < -0.4 is 10.2 Å². The molecule has 0 aromatic carbocycles. The van der Waals surface area contributed by atoms with Gasteiger partial charge in [-0.2, -0.15) is 0 Å². The standard InChI is InChI=1S/C12H14BF3NO/c14-13(15,16)10-5-11(7-17-6-10)18-12-4-8-1-2-9(12)3-8/h5-9,12H,1-4H2/q-1. The average molecular weight is 256 g/mol. The van der Waals surface area contributed by atoms with Crippen LogP contribution in [0.15, 0.2) is 18.5 Å². The number of ether oxygens (including phenoxy) is 1. The monoisotopic (exact) mass is 256 g/mol. The maximum Gasteiger partial charge on any atom is 0.511 e. The summed E-state index contributed by atoms with van der Waals surface area (Å²) >= 11 is 0. The zero-order valence-electron chi connectivity index (χ0n) is 9.86. The first-order chi connectivity index (χ1) is 8.52. The van der Waals surface area contributed by atoms with Gasteiger partial charge < -0.3 is 17.7 Å². The fourth-order valence-electron chi connectivity index (χ4n) is 3.18. The fraction of sp³-hybridized carbons (Fsp3) is 0.583. The molecule has 98 valence electrons. The van der Waals surface area contributed by atoms with Crippen molar-refractivity contribution >= 4 is 12.4 Å². The van der Waals surface area contributed by atoms with Crippen LogP contribution >= 0.6 is 0 Å². The number of nitrogens with zero attached hydrogens (tertiary/aromatic N) is 1. The maximum absolute atomic E-state index is 12.6. The van der Waals surface area contributed by atoms with Gasteiger partial charge in [0.15, 0.2) is 0 Å². The molecule has 0 spiro atoms. The van der Waals surface area contributed by atoms with Crippen LogP contribution in [-0.4, -0.2) is 18.1 Å². The molecule has 1 heterocycles. The quantitative estimate of drug-likeness (QED) is 0.775. The Morgan fingerprint density at radius 2 is 2.00 bits per heavy atom. The summed E-state index contributed by atoms with van der Waals surface area (Å²) in [7, 11) is 0. The summed E-state index contributed by atoms with van der Waals surface area (Å²) in [6.45, 7) is -5.00. The van der Waals surface area contributed by atoms with Crippen molar-refractivity contribution in [3.63, 3.8) is 0 Å². The summed E-state index contributed by atoms with van der Waals surface area (Å²) in [6, 6.07) is 1.07. The van der Waals surface area contributed by atoms with Crippen molar-refractivity contribution in [1.82, 2.24) is 4.98 Å². The Labute approximate surface area is 104 Å². The first-order valence-corrected chi connectivity index (χ1v) is 6.34. The molecule has 2 bridgehead atoms. The Hall–Kier alpha value is -1.20. The Morgan fingerprint density at radius 1 is 1.17 bits per heavy atom. The summed E-state index contributed by atoms with van der Waals surface area (Å²) < 4.78 is 43.5. The van der Waals surface area contributed by atoms with E-state index in [-0.39, 0.29) is 11.9 Å². The van der Waals surface area contributed by atoms with Gasteiger partial charge in [0.05, 0.1) is 6.20 Å². The lowest BCUT2D eigenvalue weighted by molar-refractivity contribution is 0.138. The lowest BCUT2D eigenvalue weighted by Crippen LogP contribution is -2.34. The molecule has 6 heteroatoms. The van der Waals surface area contributed by atoms with Gasteiger partial charge >= 0.3 is 6.98 Å². The molecular formula is C12H14BF3NO-. The SMILES string of the molecule is F[B-](F)(F)c1cncc(OC2CC3CCC2C3)c1. The van der Waals surface area contributed by atoms with E-state index in [2.05, 4.69) is 4.98 Å². The van der Waals surface area contributed by atoms with Gasteiger partial charge in [0, 0.05) is 6.20 Å². The van der Waals surface area contributed by atoms with Gasteiger partial charge in [-0.15, -0.1) is 0 Å². The van der Waals surface area contributed by atoms with E-state index in [4.69, 9.17) is 4.74 Å². The van der Waals surface area contributed by atoms with Crippen molar-refractivity contribution in [3.05, 3.63) is 18.5 Å². The van der Waals surface area contributed by atoms with E-state index in [1.54, 1.807) is 0 Å². The Bertz CT molecular complexity index is 451. The van der Waals surface area contributed by atoms with Gasteiger partial charge in [-0.3, -0.25) is 4.98 Å². The van der Waals surface area contributed by atoms with Crippen LogP contribution in [0.25, 0.3) is 0 Å². The number of aromatic nitrogens is 1. The lowest BCUT2D eigenvalue weighted by atomic mass is 9.81. The molecule has 1 aromatic heterocycles. The van der Waals surface area contributed by atoms with Crippen LogP contribution in [0.2, 0.25) is 0 Å². The average Bonchev–Trinajstić information content (AvgIpc) is 2.90. The number of hydrogen-bond acceptors (Lipinski definition) is 2. The van der Waals surface area contributed by atoms with E-state index in [0.29, 0.717) is 11.8 Å². The molecule has 0 amide bonds. The predicted molar refractivity (Wildman–Crippen MR) is 62.8 cm³/mol. The highest BCUT2D eigenvalue weighted by atomic mass is 19.4. The second-order valence-corrected chi connectivity index (χ2v) is 5.36. The number of pyridine rings is 1. The molecule has 2 nitrogen and oxygen atoms in total. The molecule has 2 fully saturated rings. The molecule has 2 saturated carbocycles. The van der Waals surface area contributed by atoms with E-state index in [1.165, 1.54) is 19.0 Å². The molecule has 0 N–H and O–H groups in total. The number of hydrogen-bond donors (Lipinski definition) is 0. The Morgan fingerprint density at radius 3 is 2.61 bits per heavy atom. The van der Waals surface area contributed by atoms with Gasteiger partial charge in [0.2, 0.25) is 0 Å². The van der Waals surface area contributed by atoms with Crippen molar-refractivity contribution in [1.29, 1.82) is 0 Å². The third-order valence-corrected chi connectivity index (χ3v) is 4.07. The molecule has 2 aliphatic rings. The van der Waals surface area contributed by atoms with Gasteiger partial charge in [-0.25, -0.2) is 0 Å². The number of fused-ring (bicyclic) bond motifs is 2. The molecule has 0 saturated heterocycles. The summed E-state index contributed by atoms with van der Waals surface area (Å²) in [5.74, 6) is 1.49. The summed E-state index contributed by atoms with van der Waals surface area (Å²) in [6.07, 6.45) is 6.85. The lowest BCUT2D eigenvalue weighted by Gasteiger charge is -2.24. The Balaban J connectivity index is 1.73. The summed E-state index contributed by atoms with van der Waals surface area (Å²) in [5.41, 5.74) is -0.685. The first-order valence-electron chi connectivity index (χ1n) is 6.34. The van der Waals surface area contributed by atoms with Crippen LogP contribution in [0.1, 0.15) is 25.7 Å². The maximum atomic E-state index is 12.6. The molecule has 3 rings (SSSR count). The highest BCUT2D eigenvalue weighted by molar-refractivity contribution is 6.73. The summed E-state index contributed by atoms with van der Waals surface area (Å²) in [4.78, 5) is 3.63. The number of rotatable bonds is 3. The highest BCUT2D eigenvalue weighted by Gasteiger charge is 2.41. The molecule has 18 heavy (non-hydrogen) atoms. The molecular weight excluding hydrogens is 242 g/mol. The minimum absolute atomic E-state index is 0.0848. The Kier molecular flexibility index (Phi) is 2.75. The minimum Gasteiger partial charge on any atom is -0.489 e. The zero-order valence-corrected chi connectivity index (χ0v) is 9.86. The zero-order chi connectivity index (χ0) is 12.8. The molecule has 3 atom stereocenters. The second-order valence-electron chi connectivity index (χ2n) is 5.36. The van der Waals surface area contributed by atoms with E-state index >= 15 is 0 Å². The van der Waals surface area contributed by atoms with E-state index < -0.39 is 12.4 Å². The van der Waals surface area contributed by atoms with Crippen LogP contribution in [0.5, 0.6) is 5.75 Å². The molecule has 0 aliphatic heterocycles. The van der Waals surface area contributed by atoms with Gasteiger partial charge in [-0.05, 0) is 43.6 Å². The normalized spacial score (nSPS) is 30.7. The topological polar surface area (TPSA) is 22.1 Å². The van der Waals surface area contributed by atoms with E-state index in [1.807, 2.05) is 0 Å². The summed E-state index contributed by atoms with van der Waals surface area (Å²) in [5, 5.41) is 0. The second kappa shape index (κ2) is 4.18. The van der Waals surface area contributed by atoms with Crippen molar-refractivity contribution < 1.29 is 17.7 Å². The minimum atomic E-state index is -5.00. The van der Waals surface area contributed by atoms with Crippen LogP contribution in [0, 0.1) is 11.8 Å². The van der Waals surface area contributed by atoms with Crippen LogP contribution in [-0.2, 0) is 0 Å². The molecule has 2 aliphatic carbocycles. The number of halogens is 3. The first kappa shape index (κ1) is 11.9. The highest BCUT2D eigenvalue weighted by Crippen LogP contribution is 2.45. The van der Waals surface area contributed by atoms with Crippen molar-refractivity contribution in [2.24, 2.45) is 11.8 Å². The van der Waals surface area contributed by atoms with Crippen molar-refractivity contribution in [2.75, 3.05) is 0 Å². The van der Waals surface area contributed by atoms with E-state index in [0.717, 1.165) is 25.1 Å². The van der Waals surface area contributed by atoms with Gasteiger partial charge in [-0.1, -0.05) is 5.46 Å². The van der Waals surface area contributed by atoms with Gasteiger partial charge in [0.1, 0.15) is 11.9 Å². The molecule has 1 aromatic rings. The smallest absolute Gasteiger partial charge is 0.489 e. The van der Waals surface area contributed by atoms with Crippen molar-refractivity contribution in [3.8, 4) is 5.75 Å². The van der Waals surface area contributed by atoms with Gasteiger partial charge in [0.25, 0.3) is 0 Å². The molecule has 3 unspecified atom stereocenters.